The number of carbonyl (C=O) groups excluding carboxylic acids is 1. The quantitative estimate of drug-likeness (QED) is 0.698. The molecule has 1 aromatic rings. The minimum atomic E-state index is -0.203. The molecule has 0 bridgehead atoms. The Labute approximate surface area is 87.9 Å². The summed E-state index contributed by atoms with van der Waals surface area (Å²) in [6.45, 7) is 2.62. The Kier molecular flexibility index (Phi) is 4.05. The molecule has 15 heavy (non-hydrogen) atoms. The highest BCUT2D eigenvalue weighted by atomic mass is 16.2. The first-order valence-electron chi connectivity index (χ1n) is 4.84. The number of nitrogens with zero attached hydrogens (tertiary/aromatic N) is 1. The van der Waals surface area contributed by atoms with E-state index in [1.807, 2.05) is 6.92 Å². The molecule has 0 aliphatic rings. The van der Waals surface area contributed by atoms with Crippen molar-refractivity contribution < 1.29 is 4.79 Å². The van der Waals surface area contributed by atoms with Crippen LogP contribution in [0.4, 0.5) is 0 Å². The Morgan fingerprint density at radius 3 is 2.93 bits per heavy atom. The van der Waals surface area contributed by atoms with E-state index in [0.717, 1.165) is 0 Å². The van der Waals surface area contributed by atoms with Crippen LogP contribution in [-0.2, 0) is 17.9 Å². The zero-order chi connectivity index (χ0) is 11.3. The third-order valence-electron chi connectivity index (χ3n) is 2.01. The van der Waals surface area contributed by atoms with Crippen molar-refractivity contribution in [3.63, 3.8) is 0 Å². The van der Waals surface area contributed by atoms with Gasteiger partial charge >= 0.3 is 0 Å². The Morgan fingerprint density at radius 1 is 1.60 bits per heavy atom. The SMILES string of the molecule is CCNC(=O)Cn1cccc(CN)c1=O. The van der Waals surface area contributed by atoms with Crippen LogP contribution >= 0.6 is 0 Å². The van der Waals surface area contributed by atoms with Crippen molar-refractivity contribution in [3.8, 4) is 0 Å². The second-order valence-electron chi connectivity index (χ2n) is 3.12. The van der Waals surface area contributed by atoms with Crippen LogP contribution in [-0.4, -0.2) is 17.0 Å². The largest absolute Gasteiger partial charge is 0.355 e. The molecule has 0 aliphatic heterocycles. The van der Waals surface area contributed by atoms with Gasteiger partial charge in [-0.15, -0.1) is 0 Å². The number of amides is 1. The smallest absolute Gasteiger partial charge is 0.255 e. The number of rotatable bonds is 4. The molecular formula is C10H15N3O2. The maximum atomic E-state index is 11.6. The van der Waals surface area contributed by atoms with Gasteiger partial charge < -0.3 is 15.6 Å². The second-order valence-corrected chi connectivity index (χ2v) is 3.12. The highest BCUT2D eigenvalue weighted by Gasteiger charge is 2.05. The molecule has 0 fully saturated rings. The summed E-state index contributed by atoms with van der Waals surface area (Å²) in [5.74, 6) is -0.172. The lowest BCUT2D eigenvalue weighted by molar-refractivity contribution is -0.121. The van der Waals surface area contributed by atoms with Gasteiger partial charge in [0.1, 0.15) is 6.54 Å². The number of nitrogens with one attached hydrogen (secondary N) is 1. The van der Waals surface area contributed by atoms with Crippen LogP contribution in [0.25, 0.3) is 0 Å². The summed E-state index contributed by atoms with van der Waals surface area (Å²) in [6.07, 6.45) is 1.58. The number of nitrogens with two attached hydrogens (primary N) is 1. The van der Waals surface area contributed by atoms with Gasteiger partial charge in [0.2, 0.25) is 5.91 Å². The molecule has 0 spiro atoms. The second kappa shape index (κ2) is 5.31. The first kappa shape index (κ1) is 11.5. The summed E-state index contributed by atoms with van der Waals surface area (Å²) in [5, 5.41) is 2.63. The Hall–Kier alpha value is -1.62. The number of carbonyl (C=O) groups is 1. The minimum Gasteiger partial charge on any atom is -0.355 e. The monoisotopic (exact) mass is 209 g/mol. The predicted octanol–water partition coefficient (Wildman–Crippen LogP) is -0.557. The van der Waals surface area contributed by atoms with E-state index in [-0.39, 0.29) is 24.6 Å². The molecule has 3 N–H and O–H groups in total. The van der Waals surface area contributed by atoms with E-state index >= 15 is 0 Å². The van der Waals surface area contributed by atoms with Crippen molar-refractivity contribution in [2.45, 2.75) is 20.0 Å². The lowest BCUT2D eigenvalue weighted by atomic mass is 10.3. The molecule has 5 heteroatoms. The standard InChI is InChI=1S/C10H15N3O2/c1-2-12-9(14)7-13-5-3-4-8(6-11)10(13)15/h3-5H,2,6-7,11H2,1H3,(H,12,14). The molecule has 0 aliphatic carbocycles. The maximum absolute atomic E-state index is 11.6. The molecular weight excluding hydrogens is 194 g/mol. The fourth-order valence-electron chi connectivity index (χ4n) is 1.27. The van der Waals surface area contributed by atoms with E-state index in [1.165, 1.54) is 4.57 Å². The highest BCUT2D eigenvalue weighted by molar-refractivity contribution is 5.75. The predicted molar refractivity (Wildman–Crippen MR) is 57.3 cm³/mol. The van der Waals surface area contributed by atoms with Gasteiger partial charge in [-0.25, -0.2) is 0 Å². The van der Waals surface area contributed by atoms with Crippen molar-refractivity contribution in [2.24, 2.45) is 5.73 Å². The molecule has 0 unspecified atom stereocenters. The van der Waals surface area contributed by atoms with Gasteiger partial charge in [-0.3, -0.25) is 9.59 Å². The van der Waals surface area contributed by atoms with E-state index in [2.05, 4.69) is 5.32 Å². The van der Waals surface area contributed by atoms with Crippen LogP contribution in [0, 0.1) is 0 Å². The lowest BCUT2D eigenvalue weighted by Gasteiger charge is -2.06. The fraction of sp³-hybridized carbons (Fsp3) is 0.400. The number of hydrogen-bond donors (Lipinski definition) is 2. The van der Waals surface area contributed by atoms with Gasteiger partial charge in [0, 0.05) is 24.8 Å². The van der Waals surface area contributed by atoms with Gasteiger partial charge in [-0.2, -0.15) is 0 Å². The zero-order valence-electron chi connectivity index (χ0n) is 8.69. The van der Waals surface area contributed by atoms with Crippen LogP contribution < -0.4 is 16.6 Å². The first-order valence-corrected chi connectivity index (χ1v) is 4.84. The minimum absolute atomic E-state index is 0.0422. The van der Waals surface area contributed by atoms with Gasteiger partial charge in [0.05, 0.1) is 0 Å². The topological polar surface area (TPSA) is 77.1 Å². The van der Waals surface area contributed by atoms with Crippen molar-refractivity contribution >= 4 is 5.91 Å². The fourth-order valence-corrected chi connectivity index (χ4v) is 1.27. The van der Waals surface area contributed by atoms with Gasteiger partial charge in [-0.1, -0.05) is 6.07 Å². The molecule has 1 amide bonds. The first-order chi connectivity index (χ1) is 7.19. The maximum Gasteiger partial charge on any atom is 0.255 e. The van der Waals surface area contributed by atoms with E-state index in [1.54, 1.807) is 18.3 Å². The third kappa shape index (κ3) is 2.92. The molecule has 0 aromatic carbocycles. The number of aromatic nitrogens is 1. The van der Waals surface area contributed by atoms with Crippen LogP contribution in [0.15, 0.2) is 23.1 Å². The van der Waals surface area contributed by atoms with Gasteiger partial charge in [0.15, 0.2) is 0 Å². The molecule has 82 valence electrons. The number of likely N-dealkylation sites (N-methyl/N-ethyl adjacent to an activating group) is 1. The van der Waals surface area contributed by atoms with Crippen LogP contribution in [0.5, 0.6) is 0 Å². The van der Waals surface area contributed by atoms with E-state index < -0.39 is 0 Å². The molecule has 0 radical (unpaired) electrons. The molecule has 1 heterocycles. The van der Waals surface area contributed by atoms with Crippen molar-refractivity contribution in [1.82, 2.24) is 9.88 Å². The van der Waals surface area contributed by atoms with Crippen molar-refractivity contribution in [3.05, 3.63) is 34.2 Å². The third-order valence-corrected chi connectivity index (χ3v) is 2.01. The van der Waals surface area contributed by atoms with Crippen LogP contribution in [0.3, 0.4) is 0 Å². The average molecular weight is 209 g/mol. The Bertz CT molecular complexity index is 398. The summed E-state index contributed by atoms with van der Waals surface area (Å²) < 4.78 is 1.35. The molecule has 0 saturated carbocycles. The Balaban J connectivity index is 2.86. The number of hydrogen-bond acceptors (Lipinski definition) is 3. The normalized spacial score (nSPS) is 10.0. The summed E-state index contributed by atoms with van der Waals surface area (Å²) in [5.41, 5.74) is 5.71. The summed E-state index contributed by atoms with van der Waals surface area (Å²) >= 11 is 0. The van der Waals surface area contributed by atoms with E-state index in [9.17, 15) is 9.59 Å². The number of pyridine rings is 1. The molecule has 1 aromatic heterocycles. The lowest BCUT2D eigenvalue weighted by Crippen LogP contribution is -2.33. The van der Waals surface area contributed by atoms with Gasteiger partial charge in [0.25, 0.3) is 5.56 Å². The Morgan fingerprint density at radius 2 is 2.33 bits per heavy atom. The molecule has 0 saturated heterocycles. The zero-order valence-corrected chi connectivity index (χ0v) is 8.69. The summed E-state index contributed by atoms with van der Waals surface area (Å²) in [6, 6.07) is 3.37. The molecule has 1 rings (SSSR count). The van der Waals surface area contributed by atoms with Crippen LogP contribution in [0.1, 0.15) is 12.5 Å². The van der Waals surface area contributed by atoms with Gasteiger partial charge in [-0.05, 0) is 13.0 Å². The van der Waals surface area contributed by atoms with Crippen molar-refractivity contribution in [1.29, 1.82) is 0 Å². The summed E-state index contributed by atoms with van der Waals surface area (Å²) in [7, 11) is 0. The average Bonchev–Trinajstić information content (AvgIpc) is 2.21. The molecule has 5 nitrogen and oxygen atoms in total. The highest BCUT2D eigenvalue weighted by Crippen LogP contribution is 1.90. The van der Waals surface area contributed by atoms with Crippen molar-refractivity contribution in [2.75, 3.05) is 6.54 Å². The van der Waals surface area contributed by atoms with E-state index in [0.29, 0.717) is 12.1 Å². The van der Waals surface area contributed by atoms with Crippen LogP contribution in [0.2, 0.25) is 0 Å². The summed E-state index contributed by atoms with van der Waals surface area (Å²) in [4.78, 5) is 22.9. The molecule has 0 atom stereocenters. The van der Waals surface area contributed by atoms with E-state index in [4.69, 9.17) is 5.73 Å².